The van der Waals surface area contributed by atoms with Crippen LogP contribution in [0.2, 0.25) is 10.0 Å². The number of nitrogens with one attached hydrogen (secondary N) is 1. The number of rotatable bonds is 7. The molecule has 0 saturated heterocycles. The van der Waals surface area contributed by atoms with Crippen molar-refractivity contribution in [2.45, 2.75) is 33.4 Å². The normalized spacial score (nSPS) is 12.7. The molecule has 0 heterocycles. The Balaban J connectivity index is 2.25. The monoisotopic (exact) mass is 442 g/mol. The molecule has 8 heteroatoms. The average Bonchev–Trinajstić information content (AvgIpc) is 2.61. The molecule has 0 saturated carbocycles. The van der Waals surface area contributed by atoms with Crippen LogP contribution in [0.15, 0.2) is 42.5 Å². The maximum Gasteiger partial charge on any atom is 0.251 e. The number of nitrogens with zero attached hydrogens (tertiary/aromatic N) is 1. The van der Waals surface area contributed by atoms with Gasteiger partial charge in [0.1, 0.15) is 0 Å². The van der Waals surface area contributed by atoms with Crippen molar-refractivity contribution >= 4 is 44.8 Å². The van der Waals surface area contributed by atoms with Crippen molar-refractivity contribution in [3.05, 3.63) is 63.6 Å². The van der Waals surface area contributed by atoms with Crippen molar-refractivity contribution in [3.8, 4) is 0 Å². The third-order valence-corrected chi connectivity index (χ3v) is 6.44. The van der Waals surface area contributed by atoms with E-state index in [0.717, 1.165) is 11.8 Å². The smallest absolute Gasteiger partial charge is 0.251 e. The van der Waals surface area contributed by atoms with Crippen LogP contribution >= 0.6 is 23.2 Å². The molecule has 0 radical (unpaired) electrons. The van der Waals surface area contributed by atoms with E-state index in [1.54, 1.807) is 42.5 Å². The van der Waals surface area contributed by atoms with Crippen LogP contribution in [0.4, 0.5) is 5.69 Å². The zero-order valence-electron chi connectivity index (χ0n) is 16.2. The molecule has 5 nitrogen and oxygen atoms in total. The first-order valence-corrected chi connectivity index (χ1v) is 11.4. The molecule has 0 unspecified atom stereocenters. The number of carbonyl (C=O) groups excluding carboxylic acids is 1. The number of amides is 1. The van der Waals surface area contributed by atoms with E-state index in [1.807, 2.05) is 20.8 Å². The first-order chi connectivity index (χ1) is 13.0. The van der Waals surface area contributed by atoms with Crippen LogP contribution in [0.1, 0.15) is 36.7 Å². The highest BCUT2D eigenvalue weighted by Crippen LogP contribution is 2.34. The van der Waals surface area contributed by atoms with Crippen LogP contribution in [0.5, 0.6) is 0 Å². The lowest BCUT2D eigenvalue weighted by Crippen LogP contribution is -2.36. The topological polar surface area (TPSA) is 66.5 Å². The number of hydrogen-bond acceptors (Lipinski definition) is 3. The van der Waals surface area contributed by atoms with Crippen LogP contribution in [0.3, 0.4) is 0 Å². The summed E-state index contributed by atoms with van der Waals surface area (Å²) in [6, 6.07) is 11.7. The SMILES string of the molecule is CC(C)[C@H](C)NC(=O)c1ccc(CN(c2cccc(Cl)c2Cl)S(C)(=O)=O)cc1. The van der Waals surface area contributed by atoms with Crippen LogP contribution in [0, 0.1) is 5.92 Å². The van der Waals surface area contributed by atoms with Gasteiger partial charge in [-0.05, 0) is 42.7 Å². The Morgan fingerprint density at radius 1 is 1.07 bits per heavy atom. The van der Waals surface area contributed by atoms with Crippen LogP contribution in [0.25, 0.3) is 0 Å². The predicted octanol–water partition coefficient (Wildman–Crippen LogP) is 4.73. The maximum atomic E-state index is 12.3. The van der Waals surface area contributed by atoms with Crippen LogP contribution < -0.4 is 9.62 Å². The van der Waals surface area contributed by atoms with Crippen molar-refractivity contribution in [1.29, 1.82) is 0 Å². The van der Waals surface area contributed by atoms with Gasteiger partial charge in [-0.25, -0.2) is 8.42 Å². The predicted molar refractivity (Wildman–Crippen MR) is 116 cm³/mol. The quantitative estimate of drug-likeness (QED) is 0.673. The van der Waals surface area contributed by atoms with Gasteiger partial charge in [-0.15, -0.1) is 0 Å². The van der Waals surface area contributed by atoms with Gasteiger partial charge in [0, 0.05) is 11.6 Å². The minimum Gasteiger partial charge on any atom is -0.349 e. The van der Waals surface area contributed by atoms with E-state index in [9.17, 15) is 13.2 Å². The van der Waals surface area contributed by atoms with E-state index >= 15 is 0 Å². The summed E-state index contributed by atoms with van der Waals surface area (Å²) in [5, 5.41) is 3.39. The van der Waals surface area contributed by atoms with E-state index in [-0.39, 0.29) is 28.5 Å². The highest BCUT2D eigenvalue weighted by atomic mass is 35.5. The fraction of sp³-hybridized carbons (Fsp3) is 0.350. The summed E-state index contributed by atoms with van der Waals surface area (Å²) in [7, 11) is -3.60. The summed E-state index contributed by atoms with van der Waals surface area (Å²) < 4.78 is 25.8. The second-order valence-electron chi connectivity index (χ2n) is 7.05. The summed E-state index contributed by atoms with van der Waals surface area (Å²) in [5.41, 5.74) is 1.54. The Morgan fingerprint density at radius 2 is 1.68 bits per heavy atom. The minimum absolute atomic E-state index is 0.0536. The standard InChI is InChI=1S/C20H24Cl2N2O3S/c1-13(2)14(3)23-20(25)16-10-8-15(9-11-16)12-24(28(4,26)27)18-7-5-6-17(21)19(18)22/h5-11,13-14H,12H2,1-4H3,(H,23,25)/t14-/m0/s1. The van der Waals surface area contributed by atoms with Gasteiger partial charge in [-0.1, -0.05) is 55.2 Å². The fourth-order valence-corrected chi connectivity index (χ4v) is 3.79. The van der Waals surface area contributed by atoms with E-state index in [2.05, 4.69) is 5.32 Å². The average molecular weight is 443 g/mol. The third kappa shape index (κ3) is 5.63. The Bertz CT molecular complexity index is 944. The van der Waals surface area contributed by atoms with E-state index in [1.165, 1.54) is 4.31 Å². The molecule has 2 rings (SSSR count). The molecule has 1 amide bonds. The number of halogens is 2. The van der Waals surface area contributed by atoms with E-state index in [0.29, 0.717) is 17.2 Å². The summed E-state index contributed by atoms with van der Waals surface area (Å²) in [4.78, 5) is 12.3. The Hall–Kier alpha value is -1.76. The summed E-state index contributed by atoms with van der Waals surface area (Å²) in [6.45, 7) is 6.10. The van der Waals surface area contributed by atoms with Gasteiger partial charge in [-0.2, -0.15) is 0 Å². The number of benzene rings is 2. The van der Waals surface area contributed by atoms with Crippen LogP contribution in [-0.2, 0) is 16.6 Å². The molecule has 28 heavy (non-hydrogen) atoms. The number of carbonyl (C=O) groups is 1. The fourth-order valence-electron chi connectivity index (χ4n) is 2.45. The molecule has 0 aliphatic heterocycles. The van der Waals surface area contributed by atoms with Crippen molar-refractivity contribution in [2.75, 3.05) is 10.6 Å². The molecular weight excluding hydrogens is 419 g/mol. The van der Waals surface area contributed by atoms with Crippen molar-refractivity contribution < 1.29 is 13.2 Å². The number of anilines is 1. The first-order valence-electron chi connectivity index (χ1n) is 8.82. The first kappa shape index (κ1) is 22.5. The molecule has 0 aromatic heterocycles. The van der Waals surface area contributed by atoms with Gasteiger partial charge >= 0.3 is 0 Å². The van der Waals surface area contributed by atoms with Crippen molar-refractivity contribution in [3.63, 3.8) is 0 Å². The molecule has 0 aliphatic carbocycles. The number of sulfonamides is 1. The largest absolute Gasteiger partial charge is 0.349 e. The molecule has 0 fully saturated rings. The zero-order valence-corrected chi connectivity index (χ0v) is 18.6. The Morgan fingerprint density at radius 3 is 2.21 bits per heavy atom. The lowest BCUT2D eigenvalue weighted by atomic mass is 10.1. The van der Waals surface area contributed by atoms with Gasteiger partial charge in [0.05, 0.1) is 28.5 Å². The molecule has 2 aromatic carbocycles. The molecule has 2 aromatic rings. The second-order valence-corrected chi connectivity index (χ2v) is 9.74. The molecule has 0 bridgehead atoms. The maximum absolute atomic E-state index is 12.3. The lowest BCUT2D eigenvalue weighted by molar-refractivity contribution is 0.0930. The molecule has 1 N–H and O–H groups in total. The zero-order chi connectivity index (χ0) is 21.1. The Kier molecular flexibility index (Phi) is 7.37. The highest BCUT2D eigenvalue weighted by molar-refractivity contribution is 7.92. The van der Waals surface area contributed by atoms with E-state index < -0.39 is 10.0 Å². The van der Waals surface area contributed by atoms with Gasteiger partial charge in [0.2, 0.25) is 10.0 Å². The third-order valence-electron chi connectivity index (χ3n) is 4.50. The summed E-state index contributed by atoms with van der Waals surface area (Å²) in [5.74, 6) is 0.166. The van der Waals surface area contributed by atoms with Crippen molar-refractivity contribution in [1.82, 2.24) is 5.32 Å². The highest BCUT2D eigenvalue weighted by Gasteiger charge is 2.22. The van der Waals surface area contributed by atoms with Gasteiger partial charge in [0.15, 0.2) is 0 Å². The van der Waals surface area contributed by atoms with Crippen LogP contribution in [-0.4, -0.2) is 26.6 Å². The second kappa shape index (κ2) is 9.16. The molecule has 1 atom stereocenters. The summed E-state index contributed by atoms with van der Waals surface area (Å²) >= 11 is 12.2. The van der Waals surface area contributed by atoms with Gasteiger partial charge in [-0.3, -0.25) is 9.10 Å². The minimum atomic E-state index is -3.60. The molecule has 0 spiro atoms. The van der Waals surface area contributed by atoms with Gasteiger partial charge < -0.3 is 5.32 Å². The number of hydrogen-bond donors (Lipinski definition) is 1. The van der Waals surface area contributed by atoms with Gasteiger partial charge in [0.25, 0.3) is 5.91 Å². The molecule has 0 aliphatic rings. The molecular formula is C20H24Cl2N2O3S. The Labute approximate surface area is 176 Å². The molecule has 152 valence electrons. The van der Waals surface area contributed by atoms with Crippen molar-refractivity contribution in [2.24, 2.45) is 5.92 Å². The lowest BCUT2D eigenvalue weighted by Gasteiger charge is -2.24. The summed E-state index contributed by atoms with van der Waals surface area (Å²) in [6.07, 6.45) is 1.11. The van der Waals surface area contributed by atoms with E-state index in [4.69, 9.17) is 23.2 Å².